The Labute approximate surface area is 68.4 Å². The highest BCUT2D eigenvalue weighted by Crippen LogP contribution is 2.26. The summed E-state index contributed by atoms with van der Waals surface area (Å²) in [6.07, 6.45) is 3.08. The summed E-state index contributed by atoms with van der Waals surface area (Å²) in [6, 6.07) is -0.0197. The summed E-state index contributed by atoms with van der Waals surface area (Å²) in [5.41, 5.74) is 6.64. The van der Waals surface area contributed by atoms with Crippen molar-refractivity contribution in [2.24, 2.45) is 5.73 Å². The van der Waals surface area contributed by atoms with Crippen LogP contribution in [0, 0.1) is 0 Å². The third-order valence-electron chi connectivity index (χ3n) is 2.10. The highest BCUT2D eigenvalue weighted by molar-refractivity contribution is 7.05. The molecule has 1 atom stereocenters. The molecule has 0 fully saturated rings. The molecule has 60 valence electrons. The van der Waals surface area contributed by atoms with E-state index in [1.165, 1.54) is 11.5 Å². The van der Waals surface area contributed by atoms with E-state index in [1.54, 1.807) is 0 Å². The van der Waals surface area contributed by atoms with E-state index in [-0.39, 0.29) is 11.6 Å². The zero-order chi connectivity index (χ0) is 7.84. The highest BCUT2D eigenvalue weighted by Gasteiger charge is 2.21. The Balaban J connectivity index is 2.56. The molecule has 3 N–H and O–H groups in total. The fourth-order valence-corrected chi connectivity index (χ4v) is 2.46. The Morgan fingerprint density at radius 2 is 2.45 bits per heavy atom. The number of hydrogen-bond donors (Lipinski definition) is 2. The van der Waals surface area contributed by atoms with Gasteiger partial charge in [0, 0.05) is 16.5 Å². The van der Waals surface area contributed by atoms with Gasteiger partial charge in [0.25, 0.3) is 5.56 Å². The van der Waals surface area contributed by atoms with Crippen LogP contribution in [0.15, 0.2) is 4.79 Å². The number of nitrogens with one attached hydrogen (secondary N) is 1. The number of hydrogen-bond acceptors (Lipinski definition) is 3. The molecule has 0 saturated heterocycles. The first-order valence-electron chi connectivity index (χ1n) is 3.75. The van der Waals surface area contributed by atoms with Gasteiger partial charge in [0.1, 0.15) is 0 Å². The smallest absolute Gasteiger partial charge is 0.263 e. The third kappa shape index (κ3) is 1.02. The quantitative estimate of drug-likeness (QED) is 0.604. The number of aryl methyl sites for hydroxylation is 1. The Morgan fingerprint density at radius 3 is 3.18 bits per heavy atom. The van der Waals surface area contributed by atoms with E-state index in [0.29, 0.717) is 0 Å². The molecule has 0 bridgehead atoms. The average Bonchev–Trinajstić information content (AvgIpc) is 2.34. The maximum absolute atomic E-state index is 11.1. The molecule has 11 heavy (non-hydrogen) atoms. The Bertz CT molecular complexity index is 314. The molecule has 0 amide bonds. The molecule has 1 aliphatic rings. The van der Waals surface area contributed by atoms with Gasteiger partial charge in [0.2, 0.25) is 0 Å². The van der Waals surface area contributed by atoms with Gasteiger partial charge in [0.15, 0.2) is 0 Å². The summed E-state index contributed by atoms with van der Waals surface area (Å²) < 4.78 is 2.72. The molecule has 0 aliphatic heterocycles. The van der Waals surface area contributed by atoms with Crippen LogP contribution < -0.4 is 11.3 Å². The lowest BCUT2D eigenvalue weighted by Crippen LogP contribution is -2.22. The first-order valence-corrected chi connectivity index (χ1v) is 4.56. The molecule has 1 aromatic rings. The van der Waals surface area contributed by atoms with E-state index in [4.69, 9.17) is 5.73 Å². The molecule has 1 heterocycles. The van der Waals surface area contributed by atoms with Gasteiger partial charge in [-0.15, -0.1) is 0 Å². The van der Waals surface area contributed by atoms with Gasteiger partial charge in [-0.1, -0.05) is 11.5 Å². The van der Waals surface area contributed by atoms with Crippen molar-refractivity contribution >= 4 is 11.5 Å². The number of fused-ring (bicyclic) bond motifs is 1. The topological polar surface area (TPSA) is 58.9 Å². The van der Waals surface area contributed by atoms with Crippen molar-refractivity contribution < 1.29 is 0 Å². The minimum atomic E-state index is -0.0197. The van der Waals surface area contributed by atoms with Crippen LogP contribution >= 0.6 is 11.5 Å². The first-order chi connectivity index (χ1) is 5.29. The second-order valence-corrected chi connectivity index (χ2v) is 3.77. The fourth-order valence-electron chi connectivity index (χ4n) is 1.53. The molecule has 0 aromatic carbocycles. The lowest BCUT2D eigenvalue weighted by atomic mass is 9.95. The van der Waals surface area contributed by atoms with E-state index >= 15 is 0 Å². The molecule has 1 aliphatic carbocycles. The van der Waals surface area contributed by atoms with Crippen molar-refractivity contribution in [3.05, 3.63) is 20.8 Å². The predicted octanol–water partition coefficient (Wildman–Crippen LogP) is 0.772. The van der Waals surface area contributed by atoms with Crippen LogP contribution in [0.25, 0.3) is 0 Å². The second-order valence-electron chi connectivity index (χ2n) is 2.87. The van der Waals surface area contributed by atoms with Gasteiger partial charge < -0.3 is 5.73 Å². The summed E-state index contributed by atoms with van der Waals surface area (Å²) in [5, 5.41) is 0. The number of rotatable bonds is 0. The van der Waals surface area contributed by atoms with Crippen molar-refractivity contribution in [2.45, 2.75) is 25.3 Å². The molecule has 1 aromatic heterocycles. The molecular formula is C7H10N2OS. The lowest BCUT2D eigenvalue weighted by molar-refractivity contribution is 0.574. The van der Waals surface area contributed by atoms with Crippen LogP contribution in [0.5, 0.6) is 0 Å². The SMILES string of the molecule is N[C@@H]1CCCc2s[nH]c(=O)c21. The van der Waals surface area contributed by atoms with Crippen molar-refractivity contribution in [3.8, 4) is 0 Å². The lowest BCUT2D eigenvalue weighted by Gasteiger charge is -2.15. The van der Waals surface area contributed by atoms with Crippen molar-refractivity contribution in [2.75, 3.05) is 0 Å². The standard InChI is InChI=1S/C7H10N2OS/c8-4-2-1-3-5-6(4)7(10)9-11-5/h4H,1-3,8H2,(H,9,10)/t4-/m1/s1. The van der Waals surface area contributed by atoms with Gasteiger partial charge in [0.05, 0.1) is 0 Å². The largest absolute Gasteiger partial charge is 0.324 e. The summed E-state index contributed by atoms with van der Waals surface area (Å²) >= 11 is 1.44. The van der Waals surface area contributed by atoms with E-state index in [2.05, 4.69) is 4.37 Å². The Hall–Kier alpha value is -0.610. The van der Waals surface area contributed by atoms with E-state index in [0.717, 1.165) is 29.7 Å². The number of aromatic nitrogens is 1. The van der Waals surface area contributed by atoms with Crippen LogP contribution in [0.1, 0.15) is 29.3 Å². The third-order valence-corrected chi connectivity index (χ3v) is 3.06. The van der Waals surface area contributed by atoms with Crippen LogP contribution in [-0.2, 0) is 6.42 Å². The molecule has 3 nitrogen and oxygen atoms in total. The van der Waals surface area contributed by atoms with Gasteiger partial charge in [-0.05, 0) is 19.3 Å². The molecule has 0 radical (unpaired) electrons. The summed E-state index contributed by atoms with van der Waals surface area (Å²) in [6.45, 7) is 0. The van der Waals surface area contributed by atoms with Crippen LogP contribution in [-0.4, -0.2) is 4.37 Å². The number of H-pyrrole nitrogens is 1. The molecule has 0 spiro atoms. The van der Waals surface area contributed by atoms with Crippen molar-refractivity contribution in [3.63, 3.8) is 0 Å². The maximum atomic E-state index is 11.1. The summed E-state index contributed by atoms with van der Waals surface area (Å²) in [5.74, 6) is 0. The number of aromatic amines is 1. The highest BCUT2D eigenvalue weighted by atomic mass is 32.1. The minimum Gasteiger partial charge on any atom is -0.324 e. The summed E-state index contributed by atoms with van der Waals surface area (Å²) in [4.78, 5) is 12.3. The predicted molar refractivity (Wildman–Crippen MR) is 44.8 cm³/mol. The maximum Gasteiger partial charge on any atom is 0.263 e. The minimum absolute atomic E-state index is 0.0197. The Kier molecular flexibility index (Phi) is 1.58. The van der Waals surface area contributed by atoms with Gasteiger partial charge in [-0.25, -0.2) is 0 Å². The van der Waals surface area contributed by atoms with Gasteiger partial charge in [-0.2, -0.15) is 0 Å². The van der Waals surface area contributed by atoms with Crippen molar-refractivity contribution in [1.82, 2.24) is 4.37 Å². The fraction of sp³-hybridized carbons (Fsp3) is 0.571. The molecular weight excluding hydrogens is 160 g/mol. The normalized spacial score (nSPS) is 23.2. The molecule has 4 heteroatoms. The van der Waals surface area contributed by atoms with Crippen molar-refractivity contribution in [1.29, 1.82) is 0 Å². The van der Waals surface area contributed by atoms with Crippen LogP contribution in [0.2, 0.25) is 0 Å². The first kappa shape index (κ1) is 7.06. The van der Waals surface area contributed by atoms with Crippen LogP contribution in [0.4, 0.5) is 0 Å². The monoisotopic (exact) mass is 170 g/mol. The second kappa shape index (κ2) is 2.46. The summed E-state index contributed by atoms with van der Waals surface area (Å²) in [7, 11) is 0. The van der Waals surface area contributed by atoms with E-state index in [1.807, 2.05) is 0 Å². The van der Waals surface area contributed by atoms with Crippen LogP contribution in [0.3, 0.4) is 0 Å². The zero-order valence-corrected chi connectivity index (χ0v) is 6.91. The molecule has 0 saturated carbocycles. The molecule has 0 unspecified atom stereocenters. The Morgan fingerprint density at radius 1 is 1.64 bits per heavy atom. The zero-order valence-electron chi connectivity index (χ0n) is 6.09. The van der Waals surface area contributed by atoms with E-state index < -0.39 is 0 Å². The molecule has 2 rings (SSSR count). The number of nitrogens with two attached hydrogens (primary N) is 1. The average molecular weight is 170 g/mol. The van der Waals surface area contributed by atoms with E-state index in [9.17, 15) is 4.79 Å². The van der Waals surface area contributed by atoms with Gasteiger partial charge in [-0.3, -0.25) is 9.17 Å². The van der Waals surface area contributed by atoms with Gasteiger partial charge >= 0.3 is 0 Å².